The molecule has 1 aromatic carbocycles. The third-order valence-corrected chi connectivity index (χ3v) is 5.82. The topological polar surface area (TPSA) is 64.4 Å². The molecule has 1 atom stereocenters. The summed E-state index contributed by atoms with van der Waals surface area (Å²) >= 11 is 0. The van der Waals surface area contributed by atoms with Crippen LogP contribution >= 0.6 is 0 Å². The van der Waals surface area contributed by atoms with E-state index in [2.05, 4.69) is 4.90 Å². The molecule has 1 unspecified atom stereocenters. The summed E-state index contributed by atoms with van der Waals surface area (Å²) in [5.41, 5.74) is 1.78. The minimum atomic E-state index is -0.268. The third kappa shape index (κ3) is 3.57. The van der Waals surface area contributed by atoms with E-state index in [1.54, 1.807) is 0 Å². The average Bonchev–Trinajstić information content (AvgIpc) is 3.24. The van der Waals surface area contributed by atoms with E-state index in [0.29, 0.717) is 25.6 Å². The van der Waals surface area contributed by atoms with Crippen LogP contribution in [0.15, 0.2) is 24.3 Å². The molecule has 1 aliphatic carbocycles. The fourth-order valence-corrected chi connectivity index (χ4v) is 4.56. The summed E-state index contributed by atoms with van der Waals surface area (Å²) in [6, 6.07) is 8.20. The monoisotopic (exact) mass is 369 g/mol. The molecule has 1 amide bonds. The van der Waals surface area contributed by atoms with Crippen molar-refractivity contribution < 1.29 is 14.3 Å². The lowest BCUT2D eigenvalue weighted by molar-refractivity contribution is -0.143. The number of nitrogens with zero attached hydrogens (tertiary/aromatic N) is 3. The van der Waals surface area contributed by atoms with Crippen molar-refractivity contribution in [3.05, 3.63) is 30.1 Å². The largest absolute Gasteiger partial charge is 0.465 e. The van der Waals surface area contributed by atoms with Crippen LogP contribution in [-0.2, 0) is 20.9 Å². The molecule has 0 radical (unpaired) electrons. The Labute approximate surface area is 159 Å². The van der Waals surface area contributed by atoms with Gasteiger partial charge in [0.05, 0.1) is 17.6 Å². The highest BCUT2D eigenvalue weighted by atomic mass is 16.5. The molecular formula is C21H27N3O3. The molecule has 6 nitrogen and oxygen atoms in total. The van der Waals surface area contributed by atoms with Crippen LogP contribution in [0.4, 0.5) is 0 Å². The quantitative estimate of drug-likeness (QED) is 0.759. The van der Waals surface area contributed by atoms with E-state index in [1.165, 1.54) is 19.3 Å². The van der Waals surface area contributed by atoms with Gasteiger partial charge in [-0.1, -0.05) is 31.4 Å². The molecule has 2 heterocycles. The zero-order valence-electron chi connectivity index (χ0n) is 15.9. The summed E-state index contributed by atoms with van der Waals surface area (Å²) in [5.74, 6) is 0.814. The molecule has 144 valence electrons. The van der Waals surface area contributed by atoms with E-state index in [9.17, 15) is 9.59 Å². The first-order valence-electron chi connectivity index (χ1n) is 10.1. The smallest absolute Gasteiger partial charge is 0.326 e. The molecule has 1 aromatic heterocycles. The van der Waals surface area contributed by atoms with Gasteiger partial charge in [0.1, 0.15) is 12.4 Å². The molecule has 6 heteroatoms. The minimum absolute atomic E-state index is 0.0289. The van der Waals surface area contributed by atoms with E-state index in [1.807, 2.05) is 35.8 Å². The predicted octanol–water partition coefficient (Wildman–Crippen LogP) is 3.25. The van der Waals surface area contributed by atoms with Crippen molar-refractivity contribution in [1.29, 1.82) is 0 Å². The number of amides is 1. The number of esters is 1. The zero-order valence-corrected chi connectivity index (χ0v) is 15.9. The van der Waals surface area contributed by atoms with Crippen molar-refractivity contribution in [2.24, 2.45) is 0 Å². The van der Waals surface area contributed by atoms with Gasteiger partial charge in [-0.3, -0.25) is 9.59 Å². The van der Waals surface area contributed by atoms with E-state index in [0.717, 1.165) is 29.7 Å². The van der Waals surface area contributed by atoms with Gasteiger partial charge >= 0.3 is 5.97 Å². The highest BCUT2D eigenvalue weighted by molar-refractivity contribution is 5.82. The molecule has 1 saturated heterocycles. The number of imidazole rings is 1. The maximum atomic E-state index is 12.7. The number of rotatable bonds is 5. The van der Waals surface area contributed by atoms with Gasteiger partial charge in [-0.15, -0.1) is 0 Å². The van der Waals surface area contributed by atoms with Crippen molar-refractivity contribution >= 4 is 22.9 Å². The first kappa shape index (κ1) is 18.0. The lowest BCUT2D eigenvalue weighted by Crippen LogP contribution is -2.37. The molecule has 0 N–H and O–H groups in total. The van der Waals surface area contributed by atoms with Crippen LogP contribution in [0.5, 0.6) is 0 Å². The molecular weight excluding hydrogens is 342 g/mol. The Morgan fingerprint density at radius 2 is 2.00 bits per heavy atom. The Hall–Kier alpha value is -2.37. The van der Waals surface area contributed by atoms with Crippen LogP contribution in [0.1, 0.15) is 57.2 Å². The minimum Gasteiger partial charge on any atom is -0.465 e. The average molecular weight is 369 g/mol. The van der Waals surface area contributed by atoms with Gasteiger partial charge in [-0.2, -0.15) is 0 Å². The molecule has 2 aromatic rings. The Kier molecular flexibility index (Phi) is 5.14. The van der Waals surface area contributed by atoms with Gasteiger partial charge in [0, 0.05) is 24.9 Å². The Morgan fingerprint density at radius 1 is 1.22 bits per heavy atom. The number of fused-ring (bicyclic) bond motifs is 1. The van der Waals surface area contributed by atoms with Crippen molar-refractivity contribution in [1.82, 2.24) is 14.5 Å². The van der Waals surface area contributed by atoms with Crippen LogP contribution in [0.2, 0.25) is 0 Å². The molecule has 27 heavy (non-hydrogen) atoms. The maximum absolute atomic E-state index is 12.7. The van der Waals surface area contributed by atoms with Crippen LogP contribution in [0, 0.1) is 0 Å². The van der Waals surface area contributed by atoms with Crippen molar-refractivity contribution in [2.45, 2.75) is 64.0 Å². The highest BCUT2D eigenvalue weighted by Gasteiger charge is 2.38. The molecule has 1 aliphatic heterocycles. The number of hydrogen-bond acceptors (Lipinski definition) is 4. The van der Waals surface area contributed by atoms with Gasteiger partial charge in [-0.05, 0) is 31.9 Å². The molecule has 2 aliphatic rings. The van der Waals surface area contributed by atoms with Crippen LogP contribution in [0.3, 0.4) is 0 Å². The van der Waals surface area contributed by atoms with Crippen LogP contribution < -0.4 is 0 Å². The summed E-state index contributed by atoms with van der Waals surface area (Å²) < 4.78 is 7.09. The number of likely N-dealkylation sites (tertiary alicyclic amines) is 1. The summed E-state index contributed by atoms with van der Waals surface area (Å²) in [7, 11) is 0. The number of ether oxygens (including phenoxy) is 1. The van der Waals surface area contributed by atoms with E-state index in [-0.39, 0.29) is 24.3 Å². The lowest BCUT2D eigenvalue weighted by Gasteiger charge is -2.31. The molecule has 2 fully saturated rings. The fourth-order valence-electron chi connectivity index (χ4n) is 4.56. The van der Waals surface area contributed by atoms with Gasteiger partial charge < -0.3 is 14.2 Å². The number of carbonyl (C=O) groups excluding carboxylic acids is 2. The Morgan fingerprint density at radius 3 is 2.78 bits per heavy atom. The normalized spacial score (nSPS) is 21.1. The molecule has 0 spiro atoms. The standard InChI is InChI=1S/C21H27N3O3/c1-2-27-20(26)14-24-18-11-7-6-10-17(18)22-21(24)15-12-19(25)23(13-15)16-8-4-3-5-9-16/h6-7,10-11,15-16H,2-5,8-9,12-14H2,1H3. The van der Waals surface area contributed by atoms with Gasteiger partial charge in [0.15, 0.2) is 0 Å². The van der Waals surface area contributed by atoms with Gasteiger partial charge in [-0.25, -0.2) is 4.98 Å². The third-order valence-electron chi connectivity index (χ3n) is 5.82. The van der Waals surface area contributed by atoms with E-state index >= 15 is 0 Å². The first-order valence-corrected chi connectivity index (χ1v) is 10.1. The Bertz CT molecular complexity index is 838. The van der Waals surface area contributed by atoms with Crippen molar-refractivity contribution in [3.63, 3.8) is 0 Å². The molecule has 4 rings (SSSR count). The van der Waals surface area contributed by atoms with E-state index < -0.39 is 0 Å². The van der Waals surface area contributed by atoms with Crippen molar-refractivity contribution in [3.8, 4) is 0 Å². The molecule has 1 saturated carbocycles. The van der Waals surface area contributed by atoms with Crippen LogP contribution in [-0.4, -0.2) is 45.5 Å². The lowest BCUT2D eigenvalue weighted by atomic mass is 9.94. The van der Waals surface area contributed by atoms with E-state index in [4.69, 9.17) is 9.72 Å². The maximum Gasteiger partial charge on any atom is 0.326 e. The zero-order chi connectivity index (χ0) is 18.8. The fraction of sp³-hybridized carbons (Fsp3) is 0.571. The Balaban J connectivity index is 1.62. The number of para-hydroxylation sites is 2. The summed E-state index contributed by atoms with van der Waals surface area (Å²) in [5, 5.41) is 0. The predicted molar refractivity (Wildman–Crippen MR) is 102 cm³/mol. The second kappa shape index (κ2) is 7.71. The molecule has 0 bridgehead atoms. The van der Waals surface area contributed by atoms with Crippen LogP contribution in [0.25, 0.3) is 11.0 Å². The number of carbonyl (C=O) groups is 2. The number of hydrogen-bond donors (Lipinski definition) is 0. The number of aromatic nitrogens is 2. The summed E-state index contributed by atoms with van der Waals surface area (Å²) in [6.45, 7) is 3.01. The SMILES string of the molecule is CCOC(=O)Cn1c(C2CC(=O)N(C3CCCCC3)C2)nc2ccccc21. The van der Waals surface area contributed by atoms with Gasteiger partial charge in [0.25, 0.3) is 0 Å². The number of benzene rings is 1. The van der Waals surface area contributed by atoms with Gasteiger partial charge in [0.2, 0.25) is 5.91 Å². The summed E-state index contributed by atoms with van der Waals surface area (Å²) in [4.78, 5) is 31.7. The summed E-state index contributed by atoms with van der Waals surface area (Å²) in [6.07, 6.45) is 6.39. The second-order valence-corrected chi connectivity index (χ2v) is 7.59. The first-order chi connectivity index (χ1) is 13.2. The second-order valence-electron chi connectivity index (χ2n) is 7.59. The highest BCUT2D eigenvalue weighted by Crippen LogP contribution is 2.34. The van der Waals surface area contributed by atoms with Crippen molar-refractivity contribution in [2.75, 3.05) is 13.2 Å².